The van der Waals surface area contributed by atoms with E-state index >= 15 is 0 Å². The molecule has 1 saturated heterocycles. The Kier molecular flexibility index (Phi) is 6.01. The molecule has 0 unspecified atom stereocenters. The van der Waals surface area contributed by atoms with E-state index in [-0.39, 0.29) is 11.7 Å². The number of ether oxygens (including phenoxy) is 1. The molecule has 1 amide bonds. The number of phenols is 1. The minimum Gasteiger partial charge on any atom is -0.508 e. The zero-order chi connectivity index (χ0) is 27.2. The first-order valence-corrected chi connectivity index (χ1v) is 13.5. The fourth-order valence-electron chi connectivity index (χ4n) is 5.89. The topological polar surface area (TPSA) is 68.8 Å². The number of benzene rings is 4. The number of phenolic OH excluding ortho intramolecular Hbond substituents is 1. The Labute approximate surface area is 231 Å². The van der Waals surface area contributed by atoms with Crippen LogP contribution in [0, 0.1) is 5.82 Å². The molecular weight excluding hydrogens is 505 g/mol. The highest BCUT2D eigenvalue weighted by Gasteiger charge is 2.37. The molecule has 2 aliphatic rings. The van der Waals surface area contributed by atoms with Crippen LogP contribution in [0.2, 0.25) is 0 Å². The highest BCUT2D eigenvalue weighted by molar-refractivity contribution is 6.00. The SMILES string of the molecule is O=C1c2cc(-c3ccc(N4CCOCC4)cc3)ccc2CN1[C@@H](c1cc2ccccc2[nH]1)c1cc(F)ccc1O. The minimum atomic E-state index is -0.695. The molecule has 1 aromatic heterocycles. The van der Waals surface area contributed by atoms with Crippen molar-refractivity contribution in [1.29, 1.82) is 0 Å². The van der Waals surface area contributed by atoms with Crippen molar-refractivity contribution in [2.45, 2.75) is 12.6 Å². The molecule has 2 N–H and O–H groups in total. The lowest BCUT2D eigenvalue weighted by atomic mass is 10.00. The number of nitrogens with one attached hydrogen (secondary N) is 1. The molecule has 7 heteroatoms. The van der Waals surface area contributed by atoms with E-state index in [1.54, 1.807) is 4.90 Å². The van der Waals surface area contributed by atoms with Gasteiger partial charge in [0.25, 0.3) is 5.91 Å². The van der Waals surface area contributed by atoms with Gasteiger partial charge < -0.3 is 24.6 Å². The van der Waals surface area contributed by atoms with Gasteiger partial charge in [0.15, 0.2) is 0 Å². The molecule has 2 aliphatic heterocycles. The molecule has 5 aromatic rings. The number of anilines is 1. The quantitative estimate of drug-likeness (QED) is 0.280. The molecule has 1 atom stereocenters. The van der Waals surface area contributed by atoms with Crippen LogP contribution in [-0.4, -0.2) is 47.2 Å². The third kappa shape index (κ3) is 4.28. The third-order valence-corrected chi connectivity index (χ3v) is 7.96. The van der Waals surface area contributed by atoms with Crippen molar-refractivity contribution in [3.8, 4) is 16.9 Å². The molecule has 0 aliphatic carbocycles. The molecule has 7 rings (SSSR count). The number of nitrogens with zero attached hydrogens (tertiary/aromatic N) is 2. The number of amides is 1. The normalized spacial score (nSPS) is 16.0. The summed E-state index contributed by atoms with van der Waals surface area (Å²) in [5.41, 5.74) is 6.62. The van der Waals surface area contributed by atoms with Gasteiger partial charge in [-0.2, -0.15) is 0 Å². The van der Waals surface area contributed by atoms with Crippen molar-refractivity contribution in [2.24, 2.45) is 0 Å². The van der Waals surface area contributed by atoms with Crippen LogP contribution in [0.1, 0.15) is 33.2 Å². The van der Waals surface area contributed by atoms with Gasteiger partial charge in [0.2, 0.25) is 0 Å². The first-order chi connectivity index (χ1) is 19.5. The second-order valence-corrected chi connectivity index (χ2v) is 10.4. The molecular formula is C33H28FN3O3. The Morgan fingerprint density at radius 2 is 1.65 bits per heavy atom. The van der Waals surface area contributed by atoms with Gasteiger partial charge >= 0.3 is 0 Å². The highest BCUT2D eigenvalue weighted by atomic mass is 19.1. The average Bonchev–Trinajstić information content (AvgIpc) is 3.56. The summed E-state index contributed by atoms with van der Waals surface area (Å²) < 4.78 is 19.9. The van der Waals surface area contributed by atoms with E-state index in [9.17, 15) is 14.3 Å². The van der Waals surface area contributed by atoms with Crippen LogP contribution in [0.25, 0.3) is 22.0 Å². The van der Waals surface area contributed by atoms with Gasteiger partial charge in [0.1, 0.15) is 17.6 Å². The summed E-state index contributed by atoms with van der Waals surface area (Å²) in [7, 11) is 0. The number of fused-ring (bicyclic) bond motifs is 2. The molecule has 0 saturated carbocycles. The second-order valence-electron chi connectivity index (χ2n) is 10.4. The Balaban J connectivity index is 1.24. The van der Waals surface area contributed by atoms with Crippen molar-refractivity contribution in [1.82, 2.24) is 9.88 Å². The predicted molar refractivity (Wildman–Crippen MR) is 153 cm³/mol. The van der Waals surface area contributed by atoms with Crippen LogP contribution < -0.4 is 4.90 Å². The zero-order valence-corrected chi connectivity index (χ0v) is 21.8. The fraction of sp³-hybridized carbons (Fsp3) is 0.182. The first-order valence-electron chi connectivity index (χ1n) is 13.5. The average molecular weight is 534 g/mol. The van der Waals surface area contributed by atoms with Gasteiger partial charge in [-0.05, 0) is 70.6 Å². The number of morpholine rings is 1. The minimum absolute atomic E-state index is 0.0603. The van der Waals surface area contributed by atoms with E-state index < -0.39 is 11.9 Å². The Morgan fingerprint density at radius 3 is 2.45 bits per heavy atom. The zero-order valence-electron chi connectivity index (χ0n) is 21.8. The Bertz CT molecular complexity index is 1690. The molecule has 6 nitrogen and oxygen atoms in total. The number of carbonyl (C=O) groups excluding carboxylic acids is 1. The number of H-pyrrole nitrogens is 1. The summed E-state index contributed by atoms with van der Waals surface area (Å²) in [5, 5.41) is 11.8. The van der Waals surface area contributed by atoms with Crippen molar-refractivity contribution in [3.63, 3.8) is 0 Å². The van der Waals surface area contributed by atoms with Crippen LogP contribution in [0.4, 0.5) is 10.1 Å². The van der Waals surface area contributed by atoms with E-state index in [0.29, 0.717) is 23.4 Å². The number of para-hydroxylation sites is 1. The monoisotopic (exact) mass is 533 g/mol. The molecule has 1 fully saturated rings. The predicted octanol–water partition coefficient (Wildman–Crippen LogP) is 6.26. The van der Waals surface area contributed by atoms with Crippen molar-refractivity contribution < 1.29 is 19.0 Å². The molecule has 0 spiro atoms. The largest absolute Gasteiger partial charge is 0.508 e. The van der Waals surface area contributed by atoms with Crippen molar-refractivity contribution in [2.75, 3.05) is 31.2 Å². The van der Waals surface area contributed by atoms with Crippen molar-refractivity contribution in [3.05, 3.63) is 119 Å². The number of aromatic nitrogens is 1. The van der Waals surface area contributed by atoms with Crippen molar-refractivity contribution >= 4 is 22.5 Å². The smallest absolute Gasteiger partial charge is 0.255 e. The van der Waals surface area contributed by atoms with Gasteiger partial charge in [-0.3, -0.25) is 4.79 Å². The lowest BCUT2D eigenvalue weighted by Crippen LogP contribution is -2.36. The number of halogens is 1. The summed E-state index contributed by atoms with van der Waals surface area (Å²) >= 11 is 0. The fourth-order valence-corrected chi connectivity index (χ4v) is 5.89. The maximum Gasteiger partial charge on any atom is 0.255 e. The third-order valence-electron chi connectivity index (χ3n) is 7.96. The first kappa shape index (κ1) is 24.4. The van der Waals surface area contributed by atoms with Crippen LogP contribution in [-0.2, 0) is 11.3 Å². The number of hydrogen-bond donors (Lipinski definition) is 2. The summed E-state index contributed by atoms with van der Waals surface area (Å²) in [5.74, 6) is -0.690. The molecule has 0 bridgehead atoms. The van der Waals surface area contributed by atoms with E-state index in [1.807, 2.05) is 48.5 Å². The highest BCUT2D eigenvalue weighted by Crippen LogP contribution is 2.41. The summed E-state index contributed by atoms with van der Waals surface area (Å²) in [6.45, 7) is 3.57. The lowest BCUT2D eigenvalue weighted by Gasteiger charge is -2.29. The van der Waals surface area contributed by atoms with Crippen LogP contribution in [0.15, 0.2) is 91.0 Å². The van der Waals surface area contributed by atoms with Gasteiger partial charge in [-0.25, -0.2) is 4.39 Å². The van der Waals surface area contributed by atoms with Gasteiger partial charge in [0.05, 0.1) is 13.2 Å². The summed E-state index contributed by atoms with van der Waals surface area (Å²) in [6, 6.07) is 27.3. The molecule has 0 radical (unpaired) electrons. The summed E-state index contributed by atoms with van der Waals surface area (Å²) in [4.78, 5) is 21.4. The van der Waals surface area contributed by atoms with Crippen LogP contribution in [0.5, 0.6) is 5.75 Å². The standard InChI is InChI=1S/C33H28FN3O3/c34-25-9-12-31(38)28(19-25)32(30-18-23-3-1-2-4-29(23)35-30)37-20-24-6-5-22(17-27(24)33(37)39)21-7-10-26(11-8-21)36-13-15-40-16-14-36/h1-12,17-19,32,35,38H,13-16,20H2/t32-/m1/s1. The number of carbonyl (C=O) groups is 1. The Morgan fingerprint density at radius 1 is 0.875 bits per heavy atom. The van der Waals surface area contributed by atoms with Crippen LogP contribution >= 0.6 is 0 Å². The van der Waals surface area contributed by atoms with E-state index in [1.165, 1.54) is 18.2 Å². The maximum atomic E-state index is 14.4. The second kappa shape index (κ2) is 9.84. The molecule has 40 heavy (non-hydrogen) atoms. The van der Waals surface area contributed by atoms with Gasteiger partial charge in [0, 0.05) is 47.7 Å². The van der Waals surface area contributed by atoms with Crippen LogP contribution in [0.3, 0.4) is 0 Å². The Hall–Kier alpha value is -4.62. The number of aromatic amines is 1. The maximum absolute atomic E-state index is 14.4. The molecule has 200 valence electrons. The number of rotatable bonds is 5. The number of aromatic hydroxyl groups is 1. The molecule has 4 aromatic carbocycles. The summed E-state index contributed by atoms with van der Waals surface area (Å²) in [6.07, 6.45) is 0. The van der Waals surface area contributed by atoms with E-state index in [2.05, 4.69) is 34.1 Å². The number of hydrogen-bond acceptors (Lipinski definition) is 4. The van der Waals surface area contributed by atoms with Gasteiger partial charge in [-0.15, -0.1) is 0 Å². The lowest BCUT2D eigenvalue weighted by molar-refractivity contribution is 0.0726. The molecule has 3 heterocycles. The van der Waals surface area contributed by atoms with E-state index in [4.69, 9.17) is 4.74 Å². The van der Waals surface area contributed by atoms with E-state index in [0.717, 1.165) is 59.6 Å². The van der Waals surface area contributed by atoms with Gasteiger partial charge in [-0.1, -0.05) is 42.5 Å².